The first-order valence-electron chi connectivity index (χ1n) is 20.0. The summed E-state index contributed by atoms with van der Waals surface area (Å²) in [7, 11) is 5.73. The van der Waals surface area contributed by atoms with Crippen molar-refractivity contribution in [1.29, 1.82) is 0 Å². The minimum atomic E-state index is -0.771. The van der Waals surface area contributed by atoms with Gasteiger partial charge in [0.15, 0.2) is 11.5 Å². The molecule has 0 aliphatic carbocycles. The number of aromatic amines is 2. The molecule has 4 N–H and O–H groups in total. The van der Waals surface area contributed by atoms with Gasteiger partial charge < -0.3 is 58.8 Å². The number of carbonyl (C=O) groups excluding carboxylic acids is 4. The lowest BCUT2D eigenvalue weighted by Gasteiger charge is -2.26. The number of alkyl carbamates (subject to hydrolysis) is 2. The molecule has 18 heteroatoms. The Labute approximate surface area is 348 Å². The van der Waals surface area contributed by atoms with Gasteiger partial charge in [0.2, 0.25) is 11.8 Å². The molecule has 0 spiro atoms. The van der Waals surface area contributed by atoms with E-state index in [1.807, 2.05) is 36.4 Å². The average Bonchev–Trinajstić information content (AvgIpc) is 4.11. The van der Waals surface area contributed by atoms with E-state index < -0.39 is 24.3 Å². The van der Waals surface area contributed by atoms with Crippen molar-refractivity contribution in [2.24, 2.45) is 0 Å². The van der Waals surface area contributed by atoms with Crippen molar-refractivity contribution in [2.75, 3.05) is 68.0 Å². The molecule has 322 valence electrons. The van der Waals surface area contributed by atoms with Crippen molar-refractivity contribution in [3.63, 3.8) is 0 Å². The van der Waals surface area contributed by atoms with Crippen LogP contribution < -0.4 is 20.1 Å². The van der Waals surface area contributed by atoms with Gasteiger partial charge >= 0.3 is 12.2 Å². The van der Waals surface area contributed by atoms with Gasteiger partial charge in [-0.15, -0.1) is 0 Å². The second-order valence-corrected chi connectivity index (χ2v) is 14.5. The first-order valence-corrected chi connectivity index (χ1v) is 20.0. The molecule has 18 nitrogen and oxygen atoms in total. The average molecular weight is 831 g/mol. The molecular formula is C42H54N8O10. The number of hydrogen-bond acceptors (Lipinski definition) is 12. The van der Waals surface area contributed by atoms with E-state index in [1.54, 1.807) is 50.3 Å². The smallest absolute Gasteiger partial charge is 0.407 e. The SMILES string of the molecule is COCCOc1c(-c2ccc(-c3cnc(C4CCCN4C(=O)C(C)NC(=O)OC)[nH]3)cc2)ccc(-c2cnc(C3CCCN3C(=O)C(C)NC(=O)OC)[nH]2)c1OCCOC. The predicted octanol–water partition coefficient (Wildman–Crippen LogP) is 5.00. The van der Waals surface area contributed by atoms with Crippen LogP contribution in [-0.4, -0.2) is 134 Å². The Morgan fingerprint density at radius 2 is 1.10 bits per heavy atom. The molecule has 0 radical (unpaired) electrons. The number of nitrogens with zero attached hydrogens (tertiary/aromatic N) is 4. The van der Waals surface area contributed by atoms with E-state index in [-0.39, 0.29) is 37.1 Å². The summed E-state index contributed by atoms with van der Waals surface area (Å²) in [5, 5.41) is 5.12. The zero-order chi connectivity index (χ0) is 42.8. The summed E-state index contributed by atoms with van der Waals surface area (Å²) in [6.07, 6.45) is 5.19. The van der Waals surface area contributed by atoms with Crippen LogP contribution >= 0.6 is 0 Å². The van der Waals surface area contributed by atoms with Crippen LogP contribution in [0, 0.1) is 0 Å². The Morgan fingerprint density at radius 1 is 0.650 bits per heavy atom. The Bertz CT molecular complexity index is 2100. The second-order valence-electron chi connectivity index (χ2n) is 14.5. The zero-order valence-corrected chi connectivity index (χ0v) is 34.9. The maximum atomic E-state index is 13.4. The fourth-order valence-corrected chi connectivity index (χ4v) is 7.59. The van der Waals surface area contributed by atoms with E-state index in [9.17, 15) is 19.2 Å². The number of nitrogens with one attached hydrogen (secondary N) is 4. The Hall–Kier alpha value is -6.14. The fraction of sp³-hybridized carbons (Fsp3) is 0.476. The molecule has 2 aromatic heterocycles. The third-order valence-corrected chi connectivity index (χ3v) is 10.7. The van der Waals surface area contributed by atoms with E-state index in [1.165, 1.54) is 14.2 Å². The number of benzene rings is 2. The first-order chi connectivity index (χ1) is 29.1. The number of rotatable bonds is 17. The van der Waals surface area contributed by atoms with E-state index in [0.717, 1.165) is 41.6 Å². The van der Waals surface area contributed by atoms with Gasteiger partial charge in [-0.2, -0.15) is 0 Å². The summed E-state index contributed by atoms with van der Waals surface area (Å²) in [4.78, 5) is 69.9. The highest BCUT2D eigenvalue weighted by Gasteiger charge is 2.36. The summed E-state index contributed by atoms with van der Waals surface area (Å²) >= 11 is 0. The summed E-state index contributed by atoms with van der Waals surface area (Å²) in [6, 6.07) is 9.80. The standard InChI is InChI=1S/C42H54N8O10/c1-25(45-41(53)57-5)39(51)49-17-7-9-33(49)37-43-23-31(47-37)28-13-11-27(12-14-28)29-15-16-30(36(60-22-20-56-4)35(29)59-21-19-55-3)32-24-44-38(48-32)34-10-8-18-50(34)40(52)26(2)46-42(54)58-6/h11-16,23-26,33-34H,7-10,17-22H2,1-6H3,(H,43,47)(H,44,48)(H,45,53)(H,46,54). The van der Waals surface area contributed by atoms with E-state index >= 15 is 0 Å². The molecule has 60 heavy (non-hydrogen) atoms. The number of H-pyrrole nitrogens is 2. The molecule has 4 aromatic rings. The molecule has 4 unspecified atom stereocenters. The van der Waals surface area contributed by atoms with Gasteiger partial charge in [0.05, 0.1) is 63.3 Å². The van der Waals surface area contributed by atoms with Gasteiger partial charge in [-0.25, -0.2) is 19.6 Å². The maximum Gasteiger partial charge on any atom is 0.407 e. The molecular weight excluding hydrogens is 777 g/mol. The van der Waals surface area contributed by atoms with Gasteiger partial charge in [0.1, 0.15) is 36.9 Å². The highest BCUT2D eigenvalue weighted by atomic mass is 16.6. The molecule has 4 amide bonds. The molecule has 0 saturated carbocycles. The van der Waals surface area contributed by atoms with Gasteiger partial charge in [-0.05, 0) is 62.8 Å². The zero-order valence-electron chi connectivity index (χ0n) is 34.9. The minimum Gasteiger partial charge on any atom is -0.487 e. The van der Waals surface area contributed by atoms with Crippen LogP contribution in [0.15, 0.2) is 48.8 Å². The van der Waals surface area contributed by atoms with E-state index in [2.05, 4.69) is 35.1 Å². The van der Waals surface area contributed by atoms with Crippen LogP contribution in [0.25, 0.3) is 33.6 Å². The van der Waals surface area contributed by atoms with Crippen LogP contribution in [0.4, 0.5) is 9.59 Å². The molecule has 2 fully saturated rings. The van der Waals surface area contributed by atoms with E-state index in [4.69, 9.17) is 23.9 Å². The van der Waals surface area contributed by atoms with Crippen molar-refractivity contribution in [1.82, 2.24) is 40.4 Å². The molecule has 2 aromatic carbocycles. The van der Waals surface area contributed by atoms with Crippen LogP contribution in [0.2, 0.25) is 0 Å². The molecule has 2 aliphatic heterocycles. The second kappa shape index (κ2) is 20.2. The molecule has 0 bridgehead atoms. The summed E-state index contributed by atoms with van der Waals surface area (Å²) in [5.74, 6) is 1.86. The minimum absolute atomic E-state index is 0.202. The van der Waals surface area contributed by atoms with Crippen molar-refractivity contribution in [3.05, 3.63) is 60.4 Å². The first kappa shape index (κ1) is 43.4. The molecule has 2 saturated heterocycles. The lowest BCUT2D eigenvalue weighted by molar-refractivity contribution is -0.134. The van der Waals surface area contributed by atoms with Crippen LogP contribution in [-0.2, 0) is 28.5 Å². The van der Waals surface area contributed by atoms with Crippen LogP contribution in [0.3, 0.4) is 0 Å². The van der Waals surface area contributed by atoms with Gasteiger partial charge in [0, 0.05) is 38.4 Å². The summed E-state index contributed by atoms with van der Waals surface area (Å²) in [5.41, 5.74) is 4.71. The summed E-state index contributed by atoms with van der Waals surface area (Å²) < 4.78 is 32.9. The number of hydrogen-bond donors (Lipinski definition) is 4. The van der Waals surface area contributed by atoms with Gasteiger partial charge in [-0.3, -0.25) is 9.59 Å². The third kappa shape index (κ3) is 9.82. The monoisotopic (exact) mass is 830 g/mol. The summed E-state index contributed by atoms with van der Waals surface area (Å²) in [6.45, 7) is 5.54. The predicted molar refractivity (Wildman–Crippen MR) is 219 cm³/mol. The highest BCUT2D eigenvalue weighted by molar-refractivity contribution is 5.87. The Morgan fingerprint density at radius 3 is 1.60 bits per heavy atom. The number of imidazole rings is 2. The van der Waals surface area contributed by atoms with Crippen molar-refractivity contribution < 1.29 is 47.6 Å². The molecule has 2 aliphatic rings. The fourth-order valence-electron chi connectivity index (χ4n) is 7.59. The van der Waals surface area contributed by atoms with E-state index in [0.29, 0.717) is 67.1 Å². The maximum absolute atomic E-state index is 13.4. The van der Waals surface area contributed by atoms with Crippen LogP contribution in [0.1, 0.15) is 63.3 Å². The molecule has 6 rings (SSSR count). The third-order valence-electron chi connectivity index (χ3n) is 10.7. The quantitative estimate of drug-likeness (QED) is 0.104. The molecule has 4 heterocycles. The number of carbonyl (C=O) groups is 4. The van der Waals surface area contributed by atoms with Crippen molar-refractivity contribution >= 4 is 24.0 Å². The largest absolute Gasteiger partial charge is 0.487 e. The number of aromatic nitrogens is 4. The topological polar surface area (TPSA) is 212 Å². The van der Waals surface area contributed by atoms with Crippen LogP contribution in [0.5, 0.6) is 11.5 Å². The normalized spacial score (nSPS) is 17.2. The van der Waals surface area contributed by atoms with Gasteiger partial charge in [-0.1, -0.05) is 24.3 Å². The number of ether oxygens (including phenoxy) is 6. The Kier molecular flexibility index (Phi) is 14.6. The number of likely N-dealkylation sites (tertiary alicyclic amines) is 2. The molecule has 4 atom stereocenters. The lowest BCUT2D eigenvalue weighted by Crippen LogP contribution is -2.46. The Balaban J connectivity index is 1.27. The van der Waals surface area contributed by atoms with Gasteiger partial charge in [0.25, 0.3) is 0 Å². The lowest BCUT2D eigenvalue weighted by atomic mass is 9.98. The van der Waals surface area contributed by atoms with Crippen molar-refractivity contribution in [3.8, 4) is 45.1 Å². The highest BCUT2D eigenvalue weighted by Crippen LogP contribution is 2.46. The number of amides is 4. The van der Waals surface area contributed by atoms with Crippen molar-refractivity contribution in [2.45, 2.75) is 63.7 Å². The number of methoxy groups -OCH3 is 4.